The van der Waals surface area contributed by atoms with Gasteiger partial charge in [0.15, 0.2) is 0 Å². The number of nitrogen functional groups attached to an aromatic ring is 1. The third-order valence-electron chi connectivity index (χ3n) is 3.73. The molecule has 0 bridgehead atoms. The highest BCUT2D eigenvalue weighted by atomic mass is 16.5. The largest absolute Gasteiger partial charge is 0.378 e. The fraction of sp³-hybridized carbons (Fsp3) is 0.467. The fourth-order valence-electron chi connectivity index (χ4n) is 2.69. The summed E-state index contributed by atoms with van der Waals surface area (Å²) in [6.07, 6.45) is 0.895. The van der Waals surface area contributed by atoms with Gasteiger partial charge in [0, 0.05) is 6.54 Å². The van der Waals surface area contributed by atoms with E-state index in [0.29, 0.717) is 31.3 Å². The number of carbonyl (C=O) groups is 1. The molecule has 0 unspecified atom stereocenters. The summed E-state index contributed by atoms with van der Waals surface area (Å²) in [6.45, 7) is 5.40. The lowest BCUT2D eigenvalue weighted by molar-refractivity contribution is 0.0954. The quantitative estimate of drug-likeness (QED) is 0.869. The first-order valence-corrected chi connectivity index (χ1v) is 7.60. The number of imidazole rings is 1. The summed E-state index contributed by atoms with van der Waals surface area (Å²) in [5, 5.41) is 4.99. The summed E-state index contributed by atoms with van der Waals surface area (Å²) in [5.41, 5.74) is 8.18. The number of hydrogen-bond acceptors (Lipinski definition) is 5. The van der Waals surface area contributed by atoms with E-state index in [-0.39, 0.29) is 5.91 Å². The van der Waals surface area contributed by atoms with Gasteiger partial charge in [0.1, 0.15) is 5.52 Å². The van der Waals surface area contributed by atoms with E-state index in [1.807, 2.05) is 29.8 Å². The molecule has 1 saturated heterocycles. The molecule has 2 aromatic rings. The minimum absolute atomic E-state index is 0.0955. The highest BCUT2D eigenvalue weighted by Crippen LogP contribution is 2.23. The summed E-state index contributed by atoms with van der Waals surface area (Å²) >= 11 is 0. The topological polar surface area (TPSA) is 85.4 Å². The van der Waals surface area contributed by atoms with Crippen molar-refractivity contribution in [2.75, 3.05) is 43.6 Å². The Morgan fingerprint density at radius 1 is 1.41 bits per heavy atom. The van der Waals surface area contributed by atoms with Crippen molar-refractivity contribution in [3.8, 4) is 0 Å². The highest BCUT2D eigenvalue weighted by Gasteiger charge is 2.21. The molecule has 118 valence electrons. The number of rotatable bonds is 4. The standard InChI is InChI=1S/C15H21N5O2/c1-2-6-17-14(21)11-4-3-5-12-13(11)20(15(16)18-12)19-7-9-22-10-8-19/h3-5H,2,6-10H2,1H3,(H2,16,18)(H,17,21). The van der Waals surface area contributed by atoms with Crippen molar-refractivity contribution in [1.82, 2.24) is 15.0 Å². The molecule has 7 nitrogen and oxygen atoms in total. The monoisotopic (exact) mass is 303 g/mol. The van der Waals surface area contributed by atoms with Crippen LogP contribution < -0.4 is 16.1 Å². The molecule has 0 radical (unpaired) electrons. The third kappa shape index (κ3) is 2.59. The van der Waals surface area contributed by atoms with Crippen LogP contribution in [0.5, 0.6) is 0 Å². The molecule has 1 fully saturated rings. The number of nitrogens with one attached hydrogen (secondary N) is 1. The van der Waals surface area contributed by atoms with Gasteiger partial charge < -0.3 is 20.8 Å². The Labute approximate surface area is 129 Å². The predicted molar refractivity (Wildman–Crippen MR) is 85.5 cm³/mol. The molecular weight excluding hydrogens is 282 g/mol. The number of benzene rings is 1. The van der Waals surface area contributed by atoms with Crippen LogP contribution in [0, 0.1) is 0 Å². The second-order valence-electron chi connectivity index (χ2n) is 5.28. The number of fused-ring (bicyclic) bond motifs is 1. The third-order valence-corrected chi connectivity index (χ3v) is 3.73. The van der Waals surface area contributed by atoms with Crippen LogP contribution in [-0.2, 0) is 4.74 Å². The zero-order valence-electron chi connectivity index (χ0n) is 12.7. The number of hydrogen-bond donors (Lipinski definition) is 2. The molecule has 1 aromatic carbocycles. The number of aromatic nitrogens is 2. The average Bonchev–Trinajstić information content (AvgIpc) is 2.89. The first-order chi connectivity index (χ1) is 10.7. The van der Waals surface area contributed by atoms with Crippen molar-refractivity contribution >= 4 is 22.9 Å². The first-order valence-electron chi connectivity index (χ1n) is 7.60. The molecule has 7 heteroatoms. The first kappa shape index (κ1) is 14.6. The van der Waals surface area contributed by atoms with Crippen LogP contribution in [-0.4, -0.2) is 48.4 Å². The SMILES string of the molecule is CCCNC(=O)c1cccc2nc(N)n(N3CCOCC3)c12. The van der Waals surface area contributed by atoms with E-state index in [4.69, 9.17) is 10.5 Å². The zero-order valence-corrected chi connectivity index (χ0v) is 12.7. The molecule has 1 aromatic heterocycles. The molecule has 3 rings (SSSR count). The van der Waals surface area contributed by atoms with E-state index >= 15 is 0 Å². The van der Waals surface area contributed by atoms with E-state index in [1.165, 1.54) is 0 Å². The van der Waals surface area contributed by atoms with Crippen LogP contribution in [0.15, 0.2) is 18.2 Å². The van der Waals surface area contributed by atoms with Crippen LogP contribution in [0.1, 0.15) is 23.7 Å². The van der Waals surface area contributed by atoms with Gasteiger partial charge in [-0.05, 0) is 18.6 Å². The Balaban J connectivity index is 2.07. The highest BCUT2D eigenvalue weighted by molar-refractivity contribution is 6.05. The van der Waals surface area contributed by atoms with Gasteiger partial charge in [0.2, 0.25) is 5.95 Å². The Morgan fingerprint density at radius 3 is 2.91 bits per heavy atom. The van der Waals surface area contributed by atoms with Crippen LogP contribution in [0.25, 0.3) is 11.0 Å². The Morgan fingerprint density at radius 2 is 2.18 bits per heavy atom. The number of ether oxygens (including phenoxy) is 1. The summed E-state index contributed by atoms with van der Waals surface area (Å²) in [7, 11) is 0. The average molecular weight is 303 g/mol. The van der Waals surface area contributed by atoms with Crippen LogP contribution in [0.3, 0.4) is 0 Å². The number of morpholine rings is 1. The second kappa shape index (κ2) is 6.23. The van der Waals surface area contributed by atoms with E-state index in [1.54, 1.807) is 0 Å². The lowest BCUT2D eigenvalue weighted by atomic mass is 10.1. The number of nitrogens with zero attached hydrogens (tertiary/aromatic N) is 3. The Bertz CT molecular complexity index is 676. The van der Waals surface area contributed by atoms with E-state index in [0.717, 1.165) is 30.5 Å². The van der Waals surface area contributed by atoms with Gasteiger partial charge >= 0.3 is 0 Å². The van der Waals surface area contributed by atoms with Crippen molar-refractivity contribution in [1.29, 1.82) is 0 Å². The lowest BCUT2D eigenvalue weighted by Gasteiger charge is -2.30. The van der Waals surface area contributed by atoms with Gasteiger partial charge in [-0.15, -0.1) is 0 Å². The van der Waals surface area contributed by atoms with Gasteiger partial charge in [0.25, 0.3) is 5.91 Å². The van der Waals surface area contributed by atoms with Gasteiger partial charge in [-0.25, -0.2) is 9.66 Å². The minimum Gasteiger partial charge on any atom is -0.378 e. The maximum Gasteiger partial charge on any atom is 0.253 e. The number of amides is 1. The van der Waals surface area contributed by atoms with Crippen LogP contribution >= 0.6 is 0 Å². The number of carbonyl (C=O) groups excluding carboxylic acids is 1. The van der Waals surface area contributed by atoms with Crippen molar-refractivity contribution in [3.63, 3.8) is 0 Å². The Hall–Kier alpha value is -2.28. The predicted octanol–water partition coefficient (Wildman–Crippen LogP) is 0.727. The van der Waals surface area contributed by atoms with Crippen molar-refractivity contribution < 1.29 is 9.53 Å². The van der Waals surface area contributed by atoms with Crippen molar-refractivity contribution in [2.45, 2.75) is 13.3 Å². The van der Waals surface area contributed by atoms with E-state index < -0.39 is 0 Å². The van der Waals surface area contributed by atoms with Gasteiger partial charge in [-0.2, -0.15) is 0 Å². The zero-order chi connectivity index (χ0) is 15.5. The van der Waals surface area contributed by atoms with E-state index in [2.05, 4.69) is 15.3 Å². The Kier molecular flexibility index (Phi) is 4.15. The van der Waals surface area contributed by atoms with Gasteiger partial charge in [-0.1, -0.05) is 13.0 Å². The number of anilines is 1. The molecular formula is C15H21N5O2. The maximum atomic E-state index is 12.4. The van der Waals surface area contributed by atoms with Crippen LogP contribution in [0.2, 0.25) is 0 Å². The van der Waals surface area contributed by atoms with Crippen molar-refractivity contribution in [3.05, 3.63) is 23.8 Å². The maximum absolute atomic E-state index is 12.4. The summed E-state index contributed by atoms with van der Waals surface area (Å²) in [6, 6.07) is 5.52. The van der Waals surface area contributed by atoms with Crippen LogP contribution in [0.4, 0.5) is 5.95 Å². The smallest absolute Gasteiger partial charge is 0.253 e. The van der Waals surface area contributed by atoms with Gasteiger partial charge in [-0.3, -0.25) is 4.79 Å². The molecule has 0 saturated carbocycles. The molecule has 3 N–H and O–H groups in total. The molecule has 0 atom stereocenters. The molecule has 1 amide bonds. The summed E-state index contributed by atoms with van der Waals surface area (Å²) in [4.78, 5) is 16.8. The normalized spacial score (nSPS) is 15.2. The second-order valence-corrected chi connectivity index (χ2v) is 5.28. The van der Waals surface area contributed by atoms with Gasteiger partial charge in [0.05, 0.1) is 37.4 Å². The van der Waals surface area contributed by atoms with Crippen molar-refractivity contribution in [2.24, 2.45) is 0 Å². The number of nitrogens with two attached hydrogens (primary N) is 1. The molecule has 1 aliphatic rings. The van der Waals surface area contributed by atoms with E-state index in [9.17, 15) is 4.79 Å². The summed E-state index contributed by atoms with van der Waals surface area (Å²) < 4.78 is 7.23. The fourth-order valence-corrected chi connectivity index (χ4v) is 2.69. The molecule has 22 heavy (non-hydrogen) atoms. The lowest BCUT2D eigenvalue weighted by Crippen LogP contribution is -2.44. The molecule has 0 aliphatic carbocycles. The minimum atomic E-state index is -0.0955. The molecule has 0 spiro atoms. The molecule has 2 heterocycles. The molecule has 1 aliphatic heterocycles. The summed E-state index contributed by atoms with van der Waals surface area (Å²) in [5.74, 6) is 0.300. The number of para-hydroxylation sites is 1.